The monoisotopic (exact) mass is 226 g/mol. The minimum Gasteiger partial charge on any atom is -0.385 e. The fraction of sp³-hybridized carbons (Fsp3) is 0.667. The number of aliphatic hydroxyl groups is 1. The van der Waals surface area contributed by atoms with Crippen LogP contribution in [-0.4, -0.2) is 17.3 Å². The van der Waals surface area contributed by atoms with Gasteiger partial charge in [-0.25, -0.2) is 0 Å². The van der Waals surface area contributed by atoms with Crippen LogP contribution in [0.1, 0.15) is 41.2 Å². The van der Waals surface area contributed by atoms with E-state index in [9.17, 15) is 5.11 Å². The Hall–Kier alpha value is -0.380. The van der Waals surface area contributed by atoms with Gasteiger partial charge in [-0.2, -0.15) is 0 Å². The van der Waals surface area contributed by atoms with E-state index in [0.717, 1.165) is 24.3 Å². The fourth-order valence-electron chi connectivity index (χ4n) is 2.22. The highest BCUT2D eigenvalue weighted by Crippen LogP contribution is 2.41. The molecule has 1 aromatic heterocycles. The summed E-state index contributed by atoms with van der Waals surface area (Å²) < 4.78 is 5.68. The van der Waals surface area contributed by atoms with E-state index in [1.807, 2.05) is 6.92 Å². The van der Waals surface area contributed by atoms with E-state index in [4.69, 9.17) is 4.74 Å². The van der Waals surface area contributed by atoms with E-state index in [1.54, 1.807) is 11.3 Å². The fourth-order valence-corrected chi connectivity index (χ4v) is 3.39. The van der Waals surface area contributed by atoms with Crippen molar-refractivity contribution in [2.24, 2.45) is 0 Å². The molecule has 1 aliphatic heterocycles. The summed E-state index contributed by atoms with van der Waals surface area (Å²) in [5.41, 5.74) is 0.809. The Morgan fingerprint density at radius 2 is 2.27 bits per heavy atom. The Kier molecular flexibility index (Phi) is 2.88. The second-order valence-corrected chi connectivity index (χ2v) is 5.86. The average molecular weight is 226 g/mol. The van der Waals surface area contributed by atoms with Gasteiger partial charge in [0.05, 0.1) is 5.60 Å². The standard InChI is InChI=1S/C12H18O2S/c1-8-7-9(2)15-10(8)11(13)12(3)5-4-6-14-12/h7,11,13H,4-6H2,1-3H3. The molecule has 2 rings (SSSR count). The average Bonchev–Trinajstić information content (AvgIpc) is 2.73. The summed E-state index contributed by atoms with van der Waals surface area (Å²) in [6, 6.07) is 2.13. The molecule has 0 radical (unpaired) electrons. The lowest BCUT2D eigenvalue weighted by atomic mass is 9.93. The Morgan fingerprint density at radius 3 is 2.73 bits per heavy atom. The van der Waals surface area contributed by atoms with Crippen molar-refractivity contribution in [3.05, 3.63) is 21.4 Å². The summed E-state index contributed by atoms with van der Waals surface area (Å²) in [6.07, 6.45) is 1.53. The molecule has 1 aromatic rings. The summed E-state index contributed by atoms with van der Waals surface area (Å²) in [7, 11) is 0. The number of ether oxygens (including phenoxy) is 1. The number of aliphatic hydroxyl groups excluding tert-OH is 1. The summed E-state index contributed by atoms with van der Waals surface area (Å²) in [6.45, 7) is 6.92. The van der Waals surface area contributed by atoms with Crippen LogP contribution in [0.2, 0.25) is 0 Å². The number of thiophene rings is 1. The van der Waals surface area contributed by atoms with Crippen molar-refractivity contribution in [3.63, 3.8) is 0 Å². The van der Waals surface area contributed by atoms with Gasteiger partial charge in [0.25, 0.3) is 0 Å². The van der Waals surface area contributed by atoms with Crippen LogP contribution in [0, 0.1) is 13.8 Å². The Bertz CT molecular complexity index is 351. The molecule has 15 heavy (non-hydrogen) atoms. The molecule has 2 heterocycles. The predicted octanol–water partition coefficient (Wildman–Crippen LogP) is 2.97. The third-order valence-electron chi connectivity index (χ3n) is 3.16. The Labute approximate surface area is 94.9 Å². The number of hydrogen-bond acceptors (Lipinski definition) is 3. The summed E-state index contributed by atoms with van der Waals surface area (Å²) >= 11 is 1.68. The largest absolute Gasteiger partial charge is 0.385 e. The van der Waals surface area contributed by atoms with Gasteiger partial charge in [0.15, 0.2) is 0 Å². The number of rotatable bonds is 2. The molecule has 0 amide bonds. The van der Waals surface area contributed by atoms with Gasteiger partial charge in [-0.15, -0.1) is 11.3 Å². The molecule has 1 fully saturated rings. The third kappa shape index (κ3) is 1.96. The first-order chi connectivity index (χ1) is 7.03. The molecule has 2 nitrogen and oxygen atoms in total. The first-order valence-electron chi connectivity index (χ1n) is 5.42. The maximum absolute atomic E-state index is 10.4. The zero-order valence-corrected chi connectivity index (χ0v) is 10.4. The number of hydrogen-bond donors (Lipinski definition) is 1. The molecular weight excluding hydrogens is 208 g/mol. The van der Waals surface area contributed by atoms with Crippen LogP contribution in [0.5, 0.6) is 0 Å². The third-order valence-corrected chi connectivity index (χ3v) is 4.36. The van der Waals surface area contributed by atoms with Crippen molar-refractivity contribution in [2.75, 3.05) is 6.61 Å². The maximum Gasteiger partial charge on any atom is 0.117 e. The molecule has 1 N–H and O–H groups in total. The second-order valence-electron chi connectivity index (χ2n) is 4.57. The normalized spacial score (nSPS) is 28.3. The molecular formula is C12H18O2S. The molecule has 1 aliphatic rings. The molecule has 0 saturated carbocycles. The van der Waals surface area contributed by atoms with Gasteiger partial charge < -0.3 is 9.84 Å². The van der Waals surface area contributed by atoms with Crippen LogP contribution in [-0.2, 0) is 4.74 Å². The van der Waals surface area contributed by atoms with Gasteiger partial charge >= 0.3 is 0 Å². The molecule has 0 spiro atoms. The van der Waals surface area contributed by atoms with E-state index >= 15 is 0 Å². The lowest BCUT2D eigenvalue weighted by molar-refractivity contribution is -0.0783. The van der Waals surface area contributed by atoms with Crippen molar-refractivity contribution < 1.29 is 9.84 Å². The predicted molar refractivity (Wildman–Crippen MR) is 62.3 cm³/mol. The zero-order valence-electron chi connectivity index (χ0n) is 9.54. The van der Waals surface area contributed by atoms with E-state index in [2.05, 4.69) is 19.9 Å². The minimum atomic E-state index is -0.473. The quantitative estimate of drug-likeness (QED) is 0.840. The second kappa shape index (κ2) is 3.89. The molecule has 1 saturated heterocycles. The van der Waals surface area contributed by atoms with Gasteiger partial charge in [-0.3, -0.25) is 0 Å². The van der Waals surface area contributed by atoms with Crippen molar-refractivity contribution in [1.29, 1.82) is 0 Å². The lowest BCUT2D eigenvalue weighted by Crippen LogP contribution is -2.31. The Balaban J connectivity index is 2.27. The van der Waals surface area contributed by atoms with Gasteiger partial charge in [0.1, 0.15) is 6.10 Å². The van der Waals surface area contributed by atoms with Crippen LogP contribution >= 0.6 is 11.3 Å². The van der Waals surface area contributed by atoms with Gasteiger partial charge in [-0.05, 0) is 45.2 Å². The molecule has 0 bridgehead atoms. The summed E-state index contributed by atoms with van der Waals surface area (Å²) in [4.78, 5) is 2.32. The van der Waals surface area contributed by atoms with Crippen LogP contribution in [0.25, 0.3) is 0 Å². The molecule has 0 aliphatic carbocycles. The van der Waals surface area contributed by atoms with E-state index in [1.165, 1.54) is 10.4 Å². The van der Waals surface area contributed by atoms with Gasteiger partial charge in [-0.1, -0.05) is 0 Å². The van der Waals surface area contributed by atoms with Crippen molar-refractivity contribution >= 4 is 11.3 Å². The smallest absolute Gasteiger partial charge is 0.117 e. The van der Waals surface area contributed by atoms with Gasteiger partial charge in [0.2, 0.25) is 0 Å². The van der Waals surface area contributed by atoms with Crippen LogP contribution in [0.3, 0.4) is 0 Å². The highest BCUT2D eigenvalue weighted by atomic mass is 32.1. The van der Waals surface area contributed by atoms with Crippen LogP contribution < -0.4 is 0 Å². The summed E-state index contributed by atoms with van der Waals surface area (Å²) in [5.74, 6) is 0. The van der Waals surface area contributed by atoms with Crippen molar-refractivity contribution in [1.82, 2.24) is 0 Å². The molecule has 84 valence electrons. The molecule has 0 aromatic carbocycles. The highest BCUT2D eigenvalue weighted by Gasteiger charge is 2.39. The highest BCUT2D eigenvalue weighted by molar-refractivity contribution is 7.12. The van der Waals surface area contributed by atoms with Crippen molar-refractivity contribution in [3.8, 4) is 0 Å². The molecule has 2 atom stereocenters. The summed E-state index contributed by atoms with van der Waals surface area (Å²) in [5, 5.41) is 10.4. The Morgan fingerprint density at radius 1 is 1.53 bits per heavy atom. The van der Waals surface area contributed by atoms with E-state index in [-0.39, 0.29) is 5.60 Å². The zero-order chi connectivity index (χ0) is 11.1. The van der Waals surface area contributed by atoms with Crippen molar-refractivity contribution in [2.45, 2.75) is 45.3 Å². The molecule has 2 unspecified atom stereocenters. The van der Waals surface area contributed by atoms with Crippen LogP contribution in [0.15, 0.2) is 6.07 Å². The SMILES string of the molecule is Cc1cc(C)c(C(O)C2(C)CCCO2)s1. The first kappa shape index (κ1) is 11.1. The number of aryl methyl sites for hydroxylation is 2. The van der Waals surface area contributed by atoms with Gasteiger partial charge in [0, 0.05) is 16.4 Å². The minimum absolute atomic E-state index is 0.373. The topological polar surface area (TPSA) is 29.5 Å². The van der Waals surface area contributed by atoms with E-state index in [0.29, 0.717) is 0 Å². The van der Waals surface area contributed by atoms with E-state index < -0.39 is 6.10 Å². The van der Waals surface area contributed by atoms with Crippen LogP contribution in [0.4, 0.5) is 0 Å². The lowest BCUT2D eigenvalue weighted by Gasteiger charge is -2.29. The molecule has 3 heteroatoms. The first-order valence-corrected chi connectivity index (χ1v) is 6.23. The maximum atomic E-state index is 10.4.